The van der Waals surface area contributed by atoms with Crippen LogP contribution in [0.4, 0.5) is 0 Å². The Balaban J connectivity index is 1.70. The average Bonchev–Trinajstić information content (AvgIpc) is 3.10. The summed E-state index contributed by atoms with van der Waals surface area (Å²) in [4.78, 5) is 17.7. The number of halogens is 1. The number of unbranched alkanes of at least 4 members (excludes halogenated alkanes) is 1. The van der Waals surface area contributed by atoms with Gasteiger partial charge in [-0.3, -0.25) is 9.69 Å². The predicted molar refractivity (Wildman–Crippen MR) is 112 cm³/mol. The molecule has 3 rings (SSSR count). The summed E-state index contributed by atoms with van der Waals surface area (Å²) in [5, 5.41) is 0.853. The van der Waals surface area contributed by atoms with E-state index < -0.39 is 0 Å². The van der Waals surface area contributed by atoms with Gasteiger partial charge < -0.3 is 4.98 Å². The molecule has 1 aliphatic heterocycles. The Kier molecular flexibility index (Phi) is 6.44. The van der Waals surface area contributed by atoms with E-state index in [4.69, 9.17) is 11.6 Å². The molecule has 0 saturated carbocycles. The van der Waals surface area contributed by atoms with E-state index in [0.717, 1.165) is 50.2 Å². The third-order valence-corrected chi connectivity index (χ3v) is 6.48. The van der Waals surface area contributed by atoms with Gasteiger partial charge in [-0.25, -0.2) is 0 Å². The number of carbonyl (C=O) groups excluding carboxylic acids is 1. The first-order chi connectivity index (χ1) is 12.9. The van der Waals surface area contributed by atoms with Crippen LogP contribution in [-0.4, -0.2) is 22.2 Å². The Bertz CT molecular complexity index is 780. The number of rotatable bonds is 8. The smallest absolute Gasteiger partial charge is 0.135 e. The molecule has 1 atom stereocenters. The van der Waals surface area contributed by atoms with Crippen LogP contribution < -0.4 is 0 Å². The molecule has 0 aliphatic carbocycles. The Hall–Kier alpha value is -1.58. The lowest BCUT2D eigenvalue weighted by atomic mass is 9.83. The van der Waals surface area contributed by atoms with E-state index in [1.54, 1.807) is 6.92 Å². The van der Waals surface area contributed by atoms with Gasteiger partial charge in [-0.05, 0) is 43.0 Å². The van der Waals surface area contributed by atoms with Gasteiger partial charge in [0, 0.05) is 47.9 Å². The van der Waals surface area contributed by atoms with Crippen LogP contribution in [0.2, 0.25) is 5.02 Å². The van der Waals surface area contributed by atoms with Gasteiger partial charge in [-0.2, -0.15) is 0 Å². The molecule has 2 aromatic rings. The fourth-order valence-corrected chi connectivity index (χ4v) is 4.26. The molecular weight excluding hydrogens is 356 g/mol. The second-order valence-electron chi connectivity index (χ2n) is 8.43. The zero-order chi connectivity index (χ0) is 19.4. The van der Waals surface area contributed by atoms with E-state index in [2.05, 4.69) is 41.9 Å². The van der Waals surface area contributed by atoms with Crippen LogP contribution >= 0.6 is 11.6 Å². The fraction of sp³-hybridized carbons (Fsp3) is 0.522. The molecule has 0 saturated heterocycles. The number of fused-ring (bicyclic) bond motifs is 1. The van der Waals surface area contributed by atoms with Crippen molar-refractivity contribution in [3.05, 3.63) is 58.4 Å². The molecular formula is C23H31ClN2O. The number of aromatic nitrogens is 1. The summed E-state index contributed by atoms with van der Waals surface area (Å²) in [6.07, 6.45) is 7.28. The van der Waals surface area contributed by atoms with Gasteiger partial charge in [0.25, 0.3) is 0 Å². The van der Waals surface area contributed by atoms with Crippen molar-refractivity contribution in [2.45, 2.75) is 65.5 Å². The summed E-state index contributed by atoms with van der Waals surface area (Å²) in [7, 11) is 0. The largest absolute Gasteiger partial charge is 0.365 e. The molecule has 2 heterocycles. The highest BCUT2D eigenvalue weighted by atomic mass is 35.5. The van der Waals surface area contributed by atoms with Crippen molar-refractivity contribution in [2.75, 3.05) is 6.54 Å². The first-order valence-corrected chi connectivity index (χ1v) is 10.4. The predicted octanol–water partition coefficient (Wildman–Crippen LogP) is 5.94. The Labute approximate surface area is 168 Å². The summed E-state index contributed by atoms with van der Waals surface area (Å²) in [5.74, 6) is 0.279. The lowest BCUT2D eigenvalue weighted by Gasteiger charge is -2.35. The first-order valence-electron chi connectivity index (χ1n) is 10.0. The summed E-state index contributed by atoms with van der Waals surface area (Å²) in [5.41, 5.74) is 3.78. The van der Waals surface area contributed by atoms with Gasteiger partial charge >= 0.3 is 0 Å². The van der Waals surface area contributed by atoms with Crippen molar-refractivity contribution in [2.24, 2.45) is 5.41 Å². The van der Waals surface area contributed by atoms with Crippen LogP contribution in [-0.2, 0) is 17.8 Å². The number of aromatic amines is 1. The van der Waals surface area contributed by atoms with Crippen LogP contribution in [0.5, 0.6) is 0 Å². The van der Waals surface area contributed by atoms with Crippen molar-refractivity contribution in [3.63, 3.8) is 0 Å². The zero-order valence-corrected chi connectivity index (χ0v) is 17.5. The molecule has 1 aromatic heterocycles. The van der Waals surface area contributed by atoms with Gasteiger partial charge in [0.05, 0.1) is 0 Å². The quantitative estimate of drug-likeness (QED) is 0.569. The van der Waals surface area contributed by atoms with Crippen molar-refractivity contribution < 1.29 is 4.79 Å². The highest BCUT2D eigenvalue weighted by molar-refractivity contribution is 6.31. The van der Waals surface area contributed by atoms with Gasteiger partial charge in [0.2, 0.25) is 0 Å². The highest BCUT2D eigenvalue weighted by Crippen LogP contribution is 2.35. The lowest BCUT2D eigenvalue weighted by Crippen LogP contribution is -2.34. The topological polar surface area (TPSA) is 36.1 Å². The maximum absolute atomic E-state index is 11.8. The van der Waals surface area contributed by atoms with Gasteiger partial charge in [0.1, 0.15) is 5.78 Å². The number of benzene rings is 1. The van der Waals surface area contributed by atoms with Crippen molar-refractivity contribution in [1.82, 2.24) is 9.88 Å². The summed E-state index contributed by atoms with van der Waals surface area (Å²) >= 11 is 6.57. The molecule has 1 aliphatic rings. The molecule has 3 nitrogen and oxygen atoms in total. The number of Topliss-reactive ketones (excluding diaryl/α,β-unsaturated/α-hetero) is 1. The summed E-state index contributed by atoms with van der Waals surface area (Å²) < 4.78 is 0. The number of ketones is 1. The molecule has 4 heteroatoms. The summed E-state index contributed by atoms with van der Waals surface area (Å²) in [6.45, 7) is 7.82. The molecule has 0 spiro atoms. The van der Waals surface area contributed by atoms with Crippen LogP contribution in [0, 0.1) is 5.41 Å². The minimum atomic E-state index is -0.217. The molecule has 0 radical (unpaired) electrons. The van der Waals surface area contributed by atoms with E-state index in [-0.39, 0.29) is 11.2 Å². The van der Waals surface area contributed by atoms with Crippen LogP contribution in [0.3, 0.4) is 0 Å². The fourth-order valence-electron chi connectivity index (χ4n) is 4.00. The Morgan fingerprint density at radius 2 is 2.04 bits per heavy atom. The molecule has 1 aromatic carbocycles. The number of hydrogen-bond donors (Lipinski definition) is 1. The number of carbonyl (C=O) groups is 1. The summed E-state index contributed by atoms with van der Waals surface area (Å²) in [6, 6.07) is 10.8. The Morgan fingerprint density at radius 1 is 1.26 bits per heavy atom. The Morgan fingerprint density at radius 3 is 2.78 bits per heavy atom. The highest BCUT2D eigenvalue weighted by Gasteiger charge is 2.27. The second kappa shape index (κ2) is 8.62. The lowest BCUT2D eigenvalue weighted by molar-refractivity contribution is -0.125. The third kappa shape index (κ3) is 4.83. The van der Waals surface area contributed by atoms with Crippen molar-refractivity contribution in [1.29, 1.82) is 0 Å². The number of nitrogens with one attached hydrogen (secondary N) is 1. The normalized spacial score (nSPS) is 16.1. The maximum Gasteiger partial charge on any atom is 0.135 e. The average molecular weight is 387 g/mol. The minimum absolute atomic E-state index is 0.217. The molecule has 27 heavy (non-hydrogen) atoms. The number of hydrogen-bond acceptors (Lipinski definition) is 2. The molecule has 1 unspecified atom stereocenters. The molecule has 1 N–H and O–H groups in total. The third-order valence-electron chi connectivity index (χ3n) is 6.14. The van der Waals surface area contributed by atoms with Crippen LogP contribution in [0.15, 0.2) is 36.5 Å². The van der Waals surface area contributed by atoms with E-state index >= 15 is 0 Å². The monoisotopic (exact) mass is 386 g/mol. The molecule has 0 fully saturated rings. The zero-order valence-electron chi connectivity index (χ0n) is 16.7. The second-order valence-corrected chi connectivity index (χ2v) is 8.83. The van der Waals surface area contributed by atoms with Crippen LogP contribution in [0.1, 0.15) is 69.3 Å². The van der Waals surface area contributed by atoms with Gasteiger partial charge in [-0.15, -0.1) is 0 Å². The van der Waals surface area contributed by atoms with E-state index in [0.29, 0.717) is 6.04 Å². The van der Waals surface area contributed by atoms with Crippen LogP contribution in [0.25, 0.3) is 0 Å². The van der Waals surface area contributed by atoms with Gasteiger partial charge in [-0.1, -0.05) is 56.5 Å². The maximum atomic E-state index is 11.8. The van der Waals surface area contributed by atoms with Gasteiger partial charge in [0.15, 0.2) is 0 Å². The SMILES string of the molecule is CC(=O)C(C)(C)CCCCC(c1ccccc1Cl)N1CCc2[nH]ccc2C1. The van der Waals surface area contributed by atoms with E-state index in [1.165, 1.54) is 16.8 Å². The molecule has 146 valence electrons. The van der Waals surface area contributed by atoms with E-state index in [9.17, 15) is 4.79 Å². The van der Waals surface area contributed by atoms with Crippen molar-refractivity contribution >= 4 is 17.4 Å². The van der Waals surface area contributed by atoms with Crippen molar-refractivity contribution in [3.8, 4) is 0 Å². The number of nitrogens with zero attached hydrogens (tertiary/aromatic N) is 1. The number of H-pyrrole nitrogens is 1. The first kappa shape index (κ1) is 20.2. The standard InChI is InChI=1S/C23H31ClN2O/c1-17(27)23(2,3)13-7-6-10-22(19-8-4-5-9-20(19)24)26-15-12-21-18(16-26)11-14-25-21/h4-5,8-9,11,14,22,25H,6-7,10,12-13,15-16H2,1-3H3. The minimum Gasteiger partial charge on any atom is -0.365 e. The molecule has 0 bridgehead atoms. The molecule has 0 amide bonds. The van der Waals surface area contributed by atoms with E-state index in [1.807, 2.05) is 18.3 Å².